The molecule has 0 heterocycles. The lowest BCUT2D eigenvalue weighted by Crippen LogP contribution is -1.91. The van der Waals surface area contributed by atoms with Crippen molar-refractivity contribution in [2.45, 2.75) is 5.33 Å². The van der Waals surface area contributed by atoms with E-state index >= 15 is 0 Å². The molecule has 0 saturated carbocycles. The SMILES string of the molecule is BrCc1cc(Br)ccc1Oc1ccccc1I. The predicted molar refractivity (Wildman–Crippen MR) is 86.0 cm³/mol. The molecule has 1 nitrogen and oxygen atoms in total. The first-order valence-corrected chi connectivity index (χ1v) is 7.97. The molecule has 0 bridgehead atoms. The third-order valence-electron chi connectivity index (χ3n) is 2.22. The summed E-state index contributed by atoms with van der Waals surface area (Å²) in [5, 5.41) is 0.769. The largest absolute Gasteiger partial charge is 0.456 e. The lowest BCUT2D eigenvalue weighted by Gasteiger charge is -2.11. The monoisotopic (exact) mass is 466 g/mol. The molecule has 0 amide bonds. The summed E-state index contributed by atoms with van der Waals surface area (Å²) in [5.41, 5.74) is 1.12. The van der Waals surface area contributed by atoms with Gasteiger partial charge in [0.25, 0.3) is 0 Å². The van der Waals surface area contributed by atoms with Crippen molar-refractivity contribution in [2.75, 3.05) is 0 Å². The van der Waals surface area contributed by atoms with Gasteiger partial charge in [-0.25, -0.2) is 0 Å². The molecular formula is C13H9Br2IO. The molecule has 0 aliphatic carbocycles. The van der Waals surface area contributed by atoms with Crippen LogP contribution in [0.25, 0.3) is 0 Å². The minimum atomic E-state index is 0.769. The molecule has 2 aromatic rings. The highest BCUT2D eigenvalue weighted by Crippen LogP contribution is 2.31. The van der Waals surface area contributed by atoms with Gasteiger partial charge in [-0.1, -0.05) is 44.0 Å². The van der Waals surface area contributed by atoms with E-state index in [-0.39, 0.29) is 0 Å². The highest BCUT2D eigenvalue weighted by Gasteiger charge is 2.06. The summed E-state index contributed by atoms with van der Waals surface area (Å²) < 4.78 is 8.09. The Labute approximate surface area is 131 Å². The van der Waals surface area contributed by atoms with Crippen LogP contribution in [-0.4, -0.2) is 0 Å². The molecule has 2 rings (SSSR count). The Kier molecular flexibility index (Phi) is 4.87. The van der Waals surface area contributed by atoms with Crippen LogP contribution in [0.1, 0.15) is 5.56 Å². The van der Waals surface area contributed by atoms with Gasteiger partial charge in [-0.3, -0.25) is 0 Å². The zero-order valence-electron chi connectivity index (χ0n) is 8.79. The molecule has 0 aliphatic rings. The Morgan fingerprint density at radius 2 is 1.82 bits per heavy atom. The summed E-state index contributed by atoms with van der Waals surface area (Å²) in [6.45, 7) is 0. The van der Waals surface area contributed by atoms with Gasteiger partial charge in [0.2, 0.25) is 0 Å². The molecule has 0 N–H and O–H groups in total. The Morgan fingerprint density at radius 3 is 2.53 bits per heavy atom. The Balaban J connectivity index is 2.33. The van der Waals surface area contributed by atoms with Crippen LogP contribution in [0.15, 0.2) is 46.9 Å². The second kappa shape index (κ2) is 6.20. The fourth-order valence-corrected chi connectivity index (χ4v) is 2.74. The van der Waals surface area contributed by atoms with E-state index in [0.717, 1.165) is 30.4 Å². The number of ether oxygens (including phenoxy) is 1. The van der Waals surface area contributed by atoms with Crippen molar-refractivity contribution in [3.05, 3.63) is 56.1 Å². The molecule has 0 atom stereocenters. The van der Waals surface area contributed by atoms with Gasteiger partial charge < -0.3 is 4.74 Å². The van der Waals surface area contributed by atoms with E-state index in [1.165, 1.54) is 0 Å². The minimum Gasteiger partial charge on any atom is -0.456 e. The third-order valence-corrected chi connectivity index (χ3v) is 4.21. The lowest BCUT2D eigenvalue weighted by atomic mass is 10.2. The summed E-state index contributed by atoms with van der Waals surface area (Å²) >= 11 is 9.20. The smallest absolute Gasteiger partial charge is 0.140 e. The van der Waals surface area contributed by atoms with Crippen molar-refractivity contribution in [2.24, 2.45) is 0 Å². The van der Waals surface area contributed by atoms with E-state index < -0.39 is 0 Å². The standard InChI is InChI=1S/C13H9Br2IO/c14-8-9-7-10(15)5-6-12(9)17-13-4-2-1-3-11(13)16/h1-7H,8H2. The van der Waals surface area contributed by atoms with Crippen molar-refractivity contribution in [1.82, 2.24) is 0 Å². The van der Waals surface area contributed by atoms with Crippen LogP contribution in [0.2, 0.25) is 0 Å². The van der Waals surface area contributed by atoms with Crippen molar-refractivity contribution in [3.63, 3.8) is 0 Å². The molecule has 88 valence electrons. The van der Waals surface area contributed by atoms with Crippen LogP contribution in [0.5, 0.6) is 11.5 Å². The highest BCUT2D eigenvalue weighted by molar-refractivity contribution is 14.1. The van der Waals surface area contributed by atoms with Crippen molar-refractivity contribution in [3.8, 4) is 11.5 Å². The van der Waals surface area contributed by atoms with Gasteiger partial charge in [0.05, 0.1) is 3.57 Å². The number of hydrogen-bond donors (Lipinski definition) is 0. The van der Waals surface area contributed by atoms with E-state index in [1.54, 1.807) is 0 Å². The summed E-state index contributed by atoms with van der Waals surface area (Å²) in [6.07, 6.45) is 0. The predicted octanol–water partition coefficient (Wildman–Crippen LogP) is 5.74. The first kappa shape index (κ1) is 13.4. The van der Waals surface area contributed by atoms with Crippen LogP contribution in [0.3, 0.4) is 0 Å². The van der Waals surface area contributed by atoms with Gasteiger partial charge in [0.15, 0.2) is 0 Å². The van der Waals surface area contributed by atoms with Gasteiger partial charge in [-0.2, -0.15) is 0 Å². The molecule has 2 aromatic carbocycles. The van der Waals surface area contributed by atoms with E-state index in [0.29, 0.717) is 0 Å². The van der Waals surface area contributed by atoms with Gasteiger partial charge in [-0.15, -0.1) is 0 Å². The third kappa shape index (κ3) is 3.45. The van der Waals surface area contributed by atoms with E-state index in [2.05, 4.69) is 60.5 Å². The molecule has 0 aliphatic heterocycles. The van der Waals surface area contributed by atoms with Crippen molar-refractivity contribution in [1.29, 1.82) is 0 Å². The summed E-state index contributed by atoms with van der Waals surface area (Å²) in [4.78, 5) is 0. The van der Waals surface area contributed by atoms with E-state index in [4.69, 9.17) is 4.74 Å². The number of para-hydroxylation sites is 1. The molecule has 0 aromatic heterocycles. The first-order valence-electron chi connectivity index (χ1n) is 4.97. The normalized spacial score (nSPS) is 10.3. The van der Waals surface area contributed by atoms with Crippen LogP contribution in [-0.2, 0) is 5.33 Å². The molecule has 0 saturated heterocycles. The number of halogens is 3. The number of rotatable bonds is 3. The van der Waals surface area contributed by atoms with Gasteiger partial charge in [0.1, 0.15) is 11.5 Å². The minimum absolute atomic E-state index is 0.769. The maximum Gasteiger partial charge on any atom is 0.140 e. The van der Waals surface area contributed by atoms with Crippen LogP contribution >= 0.6 is 54.5 Å². The Bertz CT molecular complexity index is 529. The maximum atomic E-state index is 5.93. The average molecular weight is 468 g/mol. The molecule has 4 heteroatoms. The highest BCUT2D eigenvalue weighted by atomic mass is 127. The number of alkyl halides is 1. The topological polar surface area (TPSA) is 9.23 Å². The molecule has 0 fully saturated rings. The average Bonchev–Trinajstić information content (AvgIpc) is 2.34. The zero-order chi connectivity index (χ0) is 12.3. The van der Waals surface area contributed by atoms with Crippen molar-refractivity contribution >= 4 is 54.5 Å². The fourth-order valence-electron chi connectivity index (χ4n) is 1.40. The van der Waals surface area contributed by atoms with Gasteiger partial charge in [-0.05, 0) is 52.9 Å². The molecule has 0 radical (unpaired) electrons. The lowest BCUT2D eigenvalue weighted by molar-refractivity contribution is 0.475. The van der Waals surface area contributed by atoms with Crippen LogP contribution < -0.4 is 4.74 Å². The Hall–Kier alpha value is -0.0700. The second-order valence-electron chi connectivity index (χ2n) is 3.42. The summed E-state index contributed by atoms with van der Waals surface area (Å²) in [5.74, 6) is 1.77. The quantitative estimate of drug-likeness (QED) is 0.413. The molecule has 0 spiro atoms. The van der Waals surface area contributed by atoms with Gasteiger partial charge >= 0.3 is 0 Å². The fraction of sp³-hybridized carbons (Fsp3) is 0.0769. The zero-order valence-corrected chi connectivity index (χ0v) is 14.1. The summed E-state index contributed by atoms with van der Waals surface area (Å²) in [6, 6.07) is 14.0. The first-order chi connectivity index (χ1) is 8.20. The van der Waals surface area contributed by atoms with Crippen molar-refractivity contribution < 1.29 is 4.74 Å². The van der Waals surface area contributed by atoms with Crippen LogP contribution in [0.4, 0.5) is 0 Å². The molecule has 0 unspecified atom stereocenters. The number of benzene rings is 2. The number of hydrogen-bond acceptors (Lipinski definition) is 1. The van der Waals surface area contributed by atoms with Gasteiger partial charge in [0, 0.05) is 15.4 Å². The van der Waals surface area contributed by atoms with E-state index in [9.17, 15) is 0 Å². The molecular weight excluding hydrogens is 459 g/mol. The maximum absolute atomic E-state index is 5.93. The second-order valence-corrected chi connectivity index (χ2v) is 6.06. The van der Waals surface area contributed by atoms with Crippen LogP contribution in [0, 0.1) is 3.57 Å². The molecule has 17 heavy (non-hydrogen) atoms. The Morgan fingerprint density at radius 1 is 1.06 bits per heavy atom. The van der Waals surface area contributed by atoms with E-state index in [1.807, 2.05) is 36.4 Å². The summed E-state index contributed by atoms with van der Waals surface area (Å²) in [7, 11) is 0.